The molecule has 1 aromatic rings. The Kier molecular flexibility index (Phi) is 3.84. The average molecular weight is 300 g/mol. The van der Waals surface area contributed by atoms with Gasteiger partial charge in [-0.1, -0.05) is 42.1 Å². The zero-order valence-electron chi connectivity index (χ0n) is 11.9. The predicted octanol–water partition coefficient (Wildman–Crippen LogP) is 3.45. The number of nitrogens with zero attached hydrogens (tertiary/aromatic N) is 2. The summed E-state index contributed by atoms with van der Waals surface area (Å²) in [5, 5.41) is 2.88. The van der Waals surface area contributed by atoms with Crippen molar-refractivity contribution in [1.29, 1.82) is 0 Å². The van der Waals surface area contributed by atoms with Gasteiger partial charge in [0.25, 0.3) is 0 Å². The van der Waals surface area contributed by atoms with Crippen LogP contribution in [-0.2, 0) is 9.53 Å². The van der Waals surface area contributed by atoms with E-state index in [4.69, 9.17) is 4.74 Å². The molecule has 0 saturated carbocycles. The molecule has 1 aromatic carbocycles. The van der Waals surface area contributed by atoms with Gasteiger partial charge in [-0.3, -0.25) is 0 Å². The maximum absolute atomic E-state index is 12.4. The van der Waals surface area contributed by atoms with Gasteiger partial charge in [-0.25, -0.2) is 9.79 Å². The van der Waals surface area contributed by atoms with Crippen LogP contribution >= 0.6 is 11.8 Å². The Balaban J connectivity index is 2.10. The van der Waals surface area contributed by atoms with Gasteiger partial charge in [0, 0.05) is 6.20 Å². The van der Waals surface area contributed by atoms with E-state index in [1.54, 1.807) is 11.8 Å². The lowest BCUT2D eigenvalue weighted by Gasteiger charge is -2.33. The summed E-state index contributed by atoms with van der Waals surface area (Å²) in [4.78, 5) is 18.9. The van der Waals surface area contributed by atoms with Gasteiger partial charge in [-0.2, -0.15) is 0 Å². The molecule has 2 heterocycles. The summed E-state index contributed by atoms with van der Waals surface area (Å²) in [6.07, 6.45) is 1.97. The Morgan fingerprint density at radius 2 is 2.14 bits per heavy atom. The molecule has 2 aliphatic heterocycles. The predicted molar refractivity (Wildman–Crippen MR) is 84.5 cm³/mol. The summed E-state index contributed by atoms with van der Waals surface area (Å²) < 4.78 is 5.23. The molecule has 2 aliphatic rings. The van der Waals surface area contributed by atoms with Crippen molar-refractivity contribution in [3.63, 3.8) is 0 Å². The third kappa shape index (κ3) is 2.49. The molecular formula is C16H16N2O2S. The van der Waals surface area contributed by atoms with Crippen LogP contribution in [0.1, 0.15) is 25.5 Å². The molecule has 0 saturated heterocycles. The third-order valence-electron chi connectivity index (χ3n) is 3.43. The molecule has 0 radical (unpaired) electrons. The largest absolute Gasteiger partial charge is 0.463 e. The molecule has 0 fully saturated rings. The molecule has 0 spiro atoms. The van der Waals surface area contributed by atoms with Crippen LogP contribution < -0.4 is 0 Å². The fourth-order valence-electron chi connectivity index (χ4n) is 2.53. The molecule has 0 aromatic heterocycles. The number of esters is 1. The molecule has 21 heavy (non-hydrogen) atoms. The maximum atomic E-state index is 12.4. The SMILES string of the molecule is CCOC(=O)C1=C(C)N=C2SC=CN2C1c1ccccc1. The molecule has 108 valence electrons. The number of thioether (sulfide) groups is 1. The van der Waals surface area contributed by atoms with Crippen LogP contribution in [-0.4, -0.2) is 22.6 Å². The fourth-order valence-corrected chi connectivity index (χ4v) is 3.32. The van der Waals surface area contributed by atoms with E-state index in [1.165, 1.54) is 0 Å². The van der Waals surface area contributed by atoms with E-state index in [0.29, 0.717) is 12.2 Å². The minimum atomic E-state index is -0.294. The molecule has 5 heteroatoms. The van der Waals surface area contributed by atoms with E-state index in [0.717, 1.165) is 16.4 Å². The number of carbonyl (C=O) groups is 1. The summed E-state index contributed by atoms with van der Waals surface area (Å²) in [5.41, 5.74) is 2.39. The first-order valence-electron chi connectivity index (χ1n) is 6.85. The summed E-state index contributed by atoms with van der Waals surface area (Å²) in [6.45, 7) is 4.04. The topological polar surface area (TPSA) is 41.9 Å². The lowest BCUT2D eigenvalue weighted by atomic mass is 9.95. The van der Waals surface area contributed by atoms with Crippen molar-refractivity contribution in [3.05, 3.63) is 58.8 Å². The molecule has 0 amide bonds. The first-order valence-corrected chi connectivity index (χ1v) is 7.73. The van der Waals surface area contributed by atoms with Crippen molar-refractivity contribution in [2.24, 2.45) is 4.99 Å². The van der Waals surface area contributed by atoms with Crippen LogP contribution in [0.2, 0.25) is 0 Å². The number of allylic oxidation sites excluding steroid dienone is 1. The second-order valence-electron chi connectivity index (χ2n) is 4.74. The highest BCUT2D eigenvalue weighted by Gasteiger charge is 2.37. The van der Waals surface area contributed by atoms with E-state index in [-0.39, 0.29) is 12.0 Å². The molecule has 0 aliphatic carbocycles. The zero-order chi connectivity index (χ0) is 14.8. The normalized spacial score (nSPS) is 20.4. The van der Waals surface area contributed by atoms with Crippen LogP contribution in [0, 0.1) is 0 Å². The van der Waals surface area contributed by atoms with E-state index in [1.807, 2.05) is 60.7 Å². The van der Waals surface area contributed by atoms with Gasteiger partial charge >= 0.3 is 5.97 Å². The zero-order valence-corrected chi connectivity index (χ0v) is 12.8. The molecule has 1 atom stereocenters. The quantitative estimate of drug-likeness (QED) is 0.802. The molecule has 4 nitrogen and oxygen atoms in total. The number of ether oxygens (including phenoxy) is 1. The standard InChI is InChI=1S/C16H16N2O2S/c1-3-20-15(19)13-11(2)17-16-18(9-10-21-16)14(13)12-7-5-4-6-8-12/h4-10,14H,3H2,1-2H3. The second kappa shape index (κ2) is 5.77. The summed E-state index contributed by atoms with van der Waals surface area (Å²) in [5.74, 6) is -0.294. The monoisotopic (exact) mass is 300 g/mol. The summed E-state index contributed by atoms with van der Waals surface area (Å²) >= 11 is 1.56. The van der Waals surface area contributed by atoms with E-state index >= 15 is 0 Å². The van der Waals surface area contributed by atoms with Crippen LogP contribution in [0.3, 0.4) is 0 Å². The number of rotatable bonds is 3. The molecule has 0 bridgehead atoms. The third-order valence-corrected chi connectivity index (χ3v) is 4.20. The highest BCUT2D eigenvalue weighted by molar-refractivity contribution is 8.16. The molecule has 1 unspecified atom stereocenters. The number of benzene rings is 1. The van der Waals surface area contributed by atoms with E-state index in [2.05, 4.69) is 4.99 Å². The van der Waals surface area contributed by atoms with Gasteiger partial charge in [-0.15, -0.1) is 0 Å². The number of fused-ring (bicyclic) bond motifs is 1. The Bertz CT molecular complexity index is 650. The molecule has 3 rings (SSSR count). The van der Waals surface area contributed by atoms with Crippen LogP contribution in [0.4, 0.5) is 0 Å². The number of hydrogen-bond donors (Lipinski definition) is 0. The van der Waals surface area contributed by atoms with Crippen LogP contribution in [0.25, 0.3) is 0 Å². The van der Waals surface area contributed by atoms with E-state index in [9.17, 15) is 4.79 Å². The highest BCUT2D eigenvalue weighted by atomic mass is 32.2. The second-order valence-corrected chi connectivity index (χ2v) is 5.61. The number of amidine groups is 1. The van der Waals surface area contributed by atoms with Gasteiger partial charge in [0.1, 0.15) is 0 Å². The van der Waals surface area contributed by atoms with Crippen molar-refractivity contribution in [3.8, 4) is 0 Å². The first-order chi connectivity index (χ1) is 10.2. The summed E-state index contributed by atoms with van der Waals surface area (Å²) in [7, 11) is 0. The lowest BCUT2D eigenvalue weighted by Crippen LogP contribution is -2.34. The van der Waals surface area contributed by atoms with Crippen molar-refractivity contribution < 1.29 is 9.53 Å². The van der Waals surface area contributed by atoms with Crippen LogP contribution in [0.5, 0.6) is 0 Å². The lowest BCUT2D eigenvalue weighted by molar-refractivity contribution is -0.139. The minimum Gasteiger partial charge on any atom is -0.463 e. The van der Waals surface area contributed by atoms with Gasteiger partial charge in [0.05, 0.1) is 23.9 Å². The van der Waals surface area contributed by atoms with Crippen LogP contribution in [0.15, 0.2) is 58.2 Å². The maximum Gasteiger partial charge on any atom is 0.338 e. The number of hydrogen-bond acceptors (Lipinski definition) is 5. The van der Waals surface area contributed by atoms with Crippen molar-refractivity contribution in [1.82, 2.24) is 4.90 Å². The van der Waals surface area contributed by atoms with Gasteiger partial charge < -0.3 is 9.64 Å². The Hall–Kier alpha value is -2.01. The molecular weight excluding hydrogens is 284 g/mol. The Labute approximate surface area is 128 Å². The average Bonchev–Trinajstić information content (AvgIpc) is 2.94. The highest BCUT2D eigenvalue weighted by Crippen LogP contribution is 2.40. The van der Waals surface area contributed by atoms with Crippen molar-refractivity contribution in [2.75, 3.05) is 6.61 Å². The first kappa shape index (κ1) is 13.9. The smallest absolute Gasteiger partial charge is 0.338 e. The Morgan fingerprint density at radius 3 is 2.86 bits per heavy atom. The number of aliphatic imine (C=N–C) groups is 1. The van der Waals surface area contributed by atoms with Gasteiger partial charge in [0.2, 0.25) is 0 Å². The van der Waals surface area contributed by atoms with Gasteiger partial charge in [-0.05, 0) is 24.8 Å². The minimum absolute atomic E-state index is 0.177. The van der Waals surface area contributed by atoms with Gasteiger partial charge in [0.15, 0.2) is 5.17 Å². The fraction of sp³-hybridized carbons (Fsp3) is 0.250. The van der Waals surface area contributed by atoms with Crippen molar-refractivity contribution >= 4 is 22.9 Å². The summed E-state index contributed by atoms with van der Waals surface area (Å²) in [6, 6.07) is 9.80. The van der Waals surface area contributed by atoms with Crippen molar-refractivity contribution in [2.45, 2.75) is 19.9 Å². The van der Waals surface area contributed by atoms with E-state index < -0.39 is 0 Å². The Morgan fingerprint density at radius 1 is 1.38 bits per heavy atom. The molecule has 0 N–H and O–H groups in total. The number of carbonyl (C=O) groups excluding carboxylic acids is 1.